The van der Waals surface area contributed by atoms with Gasteiger partial charge in [-0.3, -0.25) is 9.69 Å². The average molecular weight is 531 g/mol. The Morgan fingerprint density at radius 3 is 2.86 bits per heavy atom. The van der Waals surface area contributed by atoms with Gasteiger partial charge >= 0.3 is 5.97 Å². The normalized spacial score (nSPS) is 19.6. The van der Waals surface area contributed by atoms with E-state index in [1.165, 1.54) is 18.5 Å². The number of cyclic esters (lactones) is 1. The van der Waals surface area contributed by atoms with Crippen molar-refractivity contribution >= 4 is 40.0 Å². The fourth-order valence-electron chi connectivity index (χ4n) is 4.46. The molecule has 2 saturated heterocycles. The van der Waals surface area contributed by atoms with Gasteiger partial charge in [-0.15, -0.1) is 0 Å². The summed E-state index contributed by atoms with van der Waals surface area (Å²) in [5, 5.41) is 3.89. The molecule has 0 radical (unpaired) electrons. The average Bonchev–Trinajstić information content (AvgIpc) is 3.34. The Morgan fingerprint density at radius 2 is 2.11 bits per heavy atom. The van der Waals surface area contributed by atoms with E-state index >= 15 is 0 Å². The number of ether oxygens (including phenoxy) is 4. The lowest BCUT2D eigenvalue weighted by Crippen LogP contribution is -2.51. The van der Waals surface area contributed by atoms with Crippen LogP contribution in [0, 0.1) is 5.82 Å². The minimum atomic E-state index is -0.538. The van der Waals surface area contributed by atoms with Crippen molar-refractivity contribution in [3.8, 4) is 11.5 Å². The van der Waals surface area contributed by atoms with E-state index in [1.807, 2.05) is 24.8 Å². The first kappa shape index (κ1) is 25.4. The van der Waals surface area contributed by atoms with Crippen molar-refractivity contribution in [2.24, 2.45) is 0 Å². The molecule has 37 heavy (non-hydrogen) atoms. The van der Waals surface area contributed by atoms with Crippen molar-refractivity contribution in [1.82, 2.24) is 14.9 Å². The maximum atomic E-state index is 13.6. The first-order valence-corrected chi connectivity index (χ1v) is 12.5. The summed E-state index contributed by atoms with van der Waals surface area (Å²) in [6.07, 6.45) is 2.11. The van der Waals surface area contributed by atoms with Crippen LogP contribution in [-0.4, -0.2) is 72.0 Å². The monoisotopic (exact) mass is 530 g/mol. The van der Waals surface area contributed by atoms with E-state index in [2.05, 4.69) is 15.3 Å². The van der Waals surface area contributed by atoms with Crippen molar-refractivity contribution in [2.45, 2.75) is 32.0 Å². The maximum absolute atomic E-state index is 13.6. The van der Waals surface area contributed by atoms with Gasteiger partial charge in [-0.05, 0) is 38.1 Å². The third-order valence-corrected chi connectivity index (χ3v) is 6.37. The lowest BCUT2D eigenvalue weighted by molar-refractivity contribution is -0.169. The second-order valence-corrected chi connectivity index (χ2v) is 10.1. The van der Waals surface area contributed by atoms with Crippen LogP contribution in [-0.2, 0) is 14.3 Å². The van der Waals surface area contributed by atoms with Crippen molar-refractivity contribution in [3.63, 3.8) is 0 Å². The van der Waals surface area contributed by atoms with Gasteiger partial charge in [0, 0.05) is 36.7 Å². The van der Waals surface area contributed by atoms with Crippen LogP contribution in [0.25, 0.3) is 10.9 Å². The molecule has 196 valence electrons. The molecule has 1 aromatic heterocycles. The number of benzene rings is 2. The Kier molecular flexibility index (Phi) is 7.32. The highest BCUT2D eigenvalue weighted by Crippen LogP contribution is 2.36. The molecule has 9 nitrogen and oxygen atoms in total. The standard InChI is InChI=1S/C26H28ClFN4O5/c1-26(2)14-32(12-24(33)37-26)6-8-35-22-11-21-18(10-23(22)36-17-5-7-34-13-17)25(30-15-29-21)31-16-3-4-20(28)19(27)9-16/h3-4,9-11,15,17H,5-8,12-14H2,1-2H3,(H,29,30,31). The fraction of sp³-hybridized carbons (Fsp3) is 0.423. The second kappa shape index (κ2) is 10.6. The summed E-state index contributed by atoms with van der Waals surface area (Å²) in [5.74, 6) is 0.845. The van der Waals surface area contributed by atoms with Crippen LogP contribution in [0.4, 0.5) is 15.9 Å². The molecule has 0 amide bonds. The van der Waals surface area contributed by atoms with E-state index in [-0.39, 0.29) is 23.6 Å². The van der Waals surface area contributed by atoms with E-state index in [4.69, 9.17) is 30.5 Å². The fourth-order valence-corrected chi connectivity index (χ4v) is 4.64. The number of hydrogen-bond donors (Lipinski definition) is 1. The van der Waals surface area contributed by atoms with E-state index in [1.54, 1.807) is 12.1 Å². The summed E-state index contributed by atoms with van der Waals surface area (Å²) >= 11 is 5.94. The number of nitrogens with one attached hydrogen (secondary N) is 1. The summed E-state index contributed by atoms with van der Waals surface area (Å²) in [5.41, 5.74) is 0.684. The molecule has 3 heterocycles. The first-order valence-electron chi connectivity index (χ1n) is 12.1. The Hall–Kier alpha value is -3.21. The number of nitrogens with zero attached hydrogens (tertiary/aromatic N) is 3. The number of carbonyl (C=O) groups excluding carboxylic acids is 1. The number of halogens is 2. The van der Waals surface area contributed by atoms with Gasteiger partial charge in [-0.2, -0.15) is 0 Å². The largest absolute Gasteiger partial charge is 0.488 e. The van der Waals surface area contributed by atoms with Crippen LogP contribution in [0.1, 0.15) is 20.3 Å². The molecule has 2 aliphatic heterocycles. The number of anilines is 2. The molecule has 2 aliphatic rings. The molecule has 0 spiro atoms. The highest BCUT2D eigenvalue weighted by molar-refractivity contribution is 6.31. The minimum absolute atomic E-state index is 0.00894. The molecule has 0 aliphatic carbocycles. The SMILES string of the molecule is CC1(C)CN(CCOc2cc3ncnc(Nc4ccc(F)c(Cl)c4)c3cc2OC2CCOC2)CC(=O)O1. The van der Waals surface area contributed by atoms with Crippen molar-refractivity contribution < 1.29 is 28.1 Å². The van der Waals surface area contributed by atoms with E-state index < -0.39 is 11.4 Å². The van der Waals surface area contributed by atoms with Crippen LogP contribution >= 0.6 is 11.6 Å². The zero-order chi connectivity index (χ0) is 26.0. The van der Waals surface area contributed by atoms with E-state index in [0.717, 1.165) is 6.42 Å². The highest BCUT2D eigenvalue weighted by Gasteiger charge is 2.32. The van der Waals surface area contributed by atoms with Gasteiger partial charge in [0.2, 0.25) is 0 Å². The van der Waals surface area contributed by atoms with Gasteiger partial charge in [0.25, 0.3) is 0 Å². The summed E-state index contributed by atoms with van der Waals surface area (Å²) in [6.45, 7) is 6.65. The second-order valence-electron chi connectivity index (χ2n) is 9.69. The predicted molar refractivity (Wildman–Crippen MR) is 136 cm³/mol. The quantitative estimate of drug-likeness (QED) is 0.426. The third-order valence-electron chi connectivity index (χ3n) is 6.08. The summed E-state index contributed by atoms with van der Waals surface area (Å²) in [7, 11) is 0. The van der Waals surface area contributed by atoms with Crippen molar-refractivity contribution in [1.29, 1.82) is 0 Å². The smallest absolute Gasteiger partial charge is 0.320 e. The molecule has 1 atom stereocenters. The maximum Gasteiger partial charge on any atom is 0.320 e. The molecule has 3 aromatic rings. The van der Waals surface area contributed by atoms with Crippen LogP contribution in [0.15, 0.2) is 36.7 Å². The first-order chi connectivity index (χ1) is 17.8. The van der Waals surface area contributed by atoms with Gasteiger partial charge in [0.1, 0.15) is 36.3 Å². The van der Waals surface area contributed by atoms with Crippen molar-refractivity contribution in [3.05, 3.63) is 47.5 Å². The van der Waals surface area contributed by atoms with E-state index in [9.17, 15) is 9.18 Å². The Labute approximate surface area is 218 Å². The molecule has 1 N–H and O–H groups in total. The predicted octanol–water partition coefficient (Wildman–Crippen LogP) is 4.35. The van der Waals surface area contributed by atoms with Gasteiger partial charge in [-0.1, -0.05) is 11.6 Å². The third kappa shape index (κ3) is 6.20. The number of aromatic nitrogens is 2. The van der Waals surface area contributed by atoms with Crippen LogP contribution < -0.4 is 14.8 Å². The van der Waals surface area contributed by atoms with Gasteiger partial charge in [0.15, 0.2) is 11.5 Å². The summed E-state index contributed by atoms with van der Waals surface area (Å²) < 4.78 is 36.9. The summed E-state index contributed by atoms with van der Waals surface area (Å²) in [4.78, 5) is 22.7. The molecule has 0 bridgehead atoms. The number of carbonyl (C=O) groups is 1. The molecular weight excluding hydrogens is 503 g/mol. The summed E-state index contributed by atoms with van der Waals surface area (Å²) in [6, 6.07) is 8.00. The molecular formula is C26H28ClFN4O5. The molecule has 11 heteroatoms. The van der Waals surface area contributed by atoms with Crippen molar-refractivity contribution in [2.75, 3.05) is 44.8 Å². The van der Waals surface area contributed by atoms with Crippen LogP contribution in [0.2, 0.25) is 5.02 Å². The van der Waals surface area contributed by atoms with Gasteiger partial charge < -0.3 is 24.3 Å². The Morgan fingerprint density at radius 1 is 1.24 bits per heavy atom. The Balaban J connectivity index is 1.39. The number of morpholine rings is 1. The Bertz CT molecular complexity index is 1300. The number of esters is 1. The minimum Gasteiger partial charge on any atom is -0.488 e. The van der Waals surface area contributed by atoms with Gasteiger partial charge in [0.05, 0.1) is 30.3 Å². The van der Waals surface area contributed by atoms with Gasteiger partial charge in [-0.25, -0.2) is 14.4 Å². The molecule has 2 aromatic carbocycles. The number of fused-ring (bicyclic) bond motifs is 1. The number of hydrogen-bond acceptors (Lipinski definition) is 9. The molecule has 1 unspecified atom stereocenters. The lowest BCUT2D eigenvalue weighted by Gasteiger charge is -2.37. The van der Waals surface area contributed by atoms with E-state index in [0.29, 0.717) is 66.8 Å². The zero-order valence-electron chi connectivity index (χ0n) is 20.6. The molecule has 0 saturated carbocycles. The lowest BCUT2D eigenvalue weighted by atomic mass is 10.1. The molecule has 2 fully saturated rings. The highest BCUT2D eigenvalue weighted by atomic mass is 35.5. The topological polar surface area (TPSA) is 95.0 Å². The van der Waals surface area contributed by atoms with Crippen LogP contribution in [0.5, 0.6) is 11.5 Å². The zero-order valence-corrected chi connectivity index (χ0v) is 21.4. The molecule has 5 rings (SSSR count). The number of rotatable bonds is 8. The van der Waals surface area contributed by atoms with Crippen LogP contribution in [0.3, 0.4) is 0 Å².